The van der Waals surface area contributed by atoms with E-state index < -0.39 is 4.87 Å². The number of amidine groups is 2. The Hall–Kier alpha value is -5.66. The number of rotatable bonds is 4. The van der Waals surface area contributed by atoms with Gasteiger partial charge in [-0.2, -0.15) is 26.3 Å². The van der Waals surface area contributed by atoms with E-state index in [0.717, 1.165) is 11.8 Å². The van der Waals surface area contributed by atoms with E-state index in [-0.39, 0.29) is 16.3 Å². The molecule has 0 saturated carbocycles. The van der Waals surface area contributed by atoms with Crippen molar-refractivity contribution in [1.82, 2.24) is 0 Å². The Morgan fingerprint density at radius 1 is 0.757 bits per heavy atom. The van der Waals surface area contributed by atoms with Crippen LogP contribution in [-0.2, 0) is 0 Å². The van der Waals surface area contributed by atoms with Gasteiger partial charge in [-0.1, -0.05) is 60.7 Å². The first-order valence-electron chi connectivity index (χ1n) is 10.7. The van der Waals surface area contributed by atoms with Crippen LogP contribution in [0, 0.1) is 56.7 Å². The first-order valence-corrected chi connectivity index (χ1v) is 11.6. The molecule has 4 rings (SSSR count). The van der Waals surface area contributed by atoms with E-state index in [9.17, 15) is 26.3 Å². The molecular weight excluding hydrogens is 480 g/mol. The van der Waals surface area contributed by atoms with Crippen LogP contribution in [0.25, 0.3) is 5.57 Å². The van der Waals surface area contributed by atoms with Crippen molar-refractivity contribution in [2.24, 2.45) is 9.98 Å². The number of anilines is 1. The minimum atomic E-state index is -1.75. The Morgan fingerprint density at radius 2 is 1.35 bits per heavy atom. The summed E-state index contributed by atoms with van der Waals surface area (Å²) in [7, 11) is 0. The molecule has 172 valence electrons. The lowest BCUT2D eigenvalue weighted by molar-refractivity contribution is 0.926. The summed E-state index contributed by atoms with van der Waals surface area (Å²) >= 11 is 0.921. The molecule has 37 heavy (non-hydrogen) atoms. The van der Waals surface area contributed by atoms with Gasteiger partial charge in [-0.15, -0.1) is 0 Å². The third-order valence-electron chi connectivity index (χ3n) is 5.28. The summed E-state index contributed by atoms with van der Waals surface area (Å²) in [5.41, 5.74) is 1.74. The first-order chi connectivity index (χ1) is 18.1. The number of para-hydroxylation sites is 1. The number of aliphatic imine (C=N–C) groups is 2. The largest absolute Gasteiger partial charge is 0.286 e. The number of thioether (sulfide) groups is 1. The Bertz CT molecular complexity index is 1610. The summed E-state index contributed by atoms with van der Waals surface area (Å²) in [4.78, 5) is 9.06. The fourth-order valence-corrected chi connectivity index (χ4v) is 4.51. The Kier molecular flexibility index (Phi) is 7.09. The topological polar surface area (TPSA) is 147 Å². The molecule has 3 aromatic rings. The highest BCUT2D eigenvalue weighted by molar-refractivity contribution is 8.15. The number of benzene rings is 3. The quantitative estimate of drug-likeness (QED) is 0.438. The maximum absolute atomic E-state index is 10.3. The summed E-state index contributed by atoms with van der Waals surface area (Å²) in [6.07, 6.45) is 0. The van der Waals surface area contributed by atoms with E-state index in [0.29, 0.717) is 28.3 Å². The maximum Gasteiger partial charge on any atom is 0.274 e. The molecule has 0 radical (unpaired) electrons. The first kappa shape index (κ1) is 24.5. The predicted molar refractivity (Wildman–Crippen MR) is 141 cm³/mol. The molecule has 3 aromatic carbocycles. The van der Waals surface area contributed by atoms with Crippen LogP contribution in [0.15, 0.2) is 100 Å². The van der Waals surface area contributed by atoms with Crippen molar-refractivity contribution in [2.75, 3.05) is 4.90 Å². The molecule has 1 aliphatic rings. The zero-order valence-corrected chi connectivity index (χ0v) is 19.9. The molecule has 0 spiro atoms. The molecule has 0 bridgehead atoms. The maximum atomic E-state index is 10.3. The molecular formula is C28H14N8S. The van der Waals surface area contributed by atoms with Crippen molar-refractivity contribution >= 4 is 39.7 Å². The van der Waals surface area contributed by atoms with Gasteiger partial charge in [-0.3, -0.25) is 4.90 Å². The zero-order valence-electron chi connectivity index (χ0n) is 19.1. The SMILES string of the molecule is N#CC(C#N)=C(C#N)c1ccc(N2C(c3ccccc3)=NC(=Nc3ccccc3)SC2(C#N)C#N)cc1. The van der Waals surface area contributed by atoms with Crippen LogP contribution in [0.1, 0.15) is 11.1 Å². The zero-order chi connectivity index (χ0) is 26.3. The van der Waals surface area contributed by atoms with E-state index in [1.54, 1.807) is 48.5 Å². The number of nitriles is 5. The van der Waals surface area contributed by atoms with E-state index in [1.165, 1.54) is 4.90 Å². The van der Waals surface area contributed by atoms with Crippen LogP contribution in [0.4, 0.5) is 11.4 Å². The van der Waals surface area contributed by atoms with Gasteiger partial charge in [0.05, 0.1) is 11.3 Å². The Balaban J connectivity index is 1.92. The fourth-order valence-electron chi connectivity index (χ4n) is 3.59. The normalized spacial score (nSPS) is 14.6. The second-order valence-electron chi connectivity index (χ2n) is 7.47. The number of allylic oxidation sites excluding steroid dienone is 2. The predicted octanol–water partition coefficient (Wildman–Crippen LogP) is 5.44. The van der Waals surface area contributed by atoms with Gasteiger partial charge < -0.3 is 0 Å². The van der Waals surface area contributed by atoms with Crippen LogP contribution >= 0.6 is 11.8 Å². The summed E-state index contributed by atoms with van der Waals surface area (Å²) in [5, 5.41) is 48.6. The molecule has 0 atom stereocenters. The van der Waals surface area contributed by atoms with Gasteiger partial charge >= 0.3 is 0 Å². The van der Waals surface area contributed by atoms with Gasteiger partial charge in [0, 0.05) is 11.3 Å². The molecule has 0 aromatic heterocycles. The average Bonchev–Trinajstić information content (AvgIpc) is 2.96. The second kappa shape index (κ2) is 10.7. The summed E-state index contributed by atoms with van der Waals surface area (Å²) in [5.74, 6) is 0.343. The number of hydrogen-bond acceptors (Lipinski definition) is 8. The fraction of sp³-hybridized carbons (Fsp3) is 0.0357. The minimum Gasteiger partial charge on any atom is -0.286 e. The van der Waals surface area contributed by atoms with Gasteiger partial charge in [0.1, 0.15) is 41.8 Å². The lowest BCUT2D eigenvalue weighted by atomic mass is 10.0. The van der Waals surface area contributed by atoms with E-state index in [2.05, 4.69) is 17.1 Å². The van der Waals surface area contributed by atoms with Crippen molar-refractivity contribution in [2.45, 2.75) is 4.87 Å². The third kappa shape index (κ3) is 4.79. The highest BCUT2D eigenvalue weighted by Gasteiger charge is 2.47. The highest BCUT2D eigenvalue weighted by Crippen LogP contribution is 2.40. The van der Waals surface area contributed by atoms with Crippen LogP contribution < -0.4 is 4.90 Å². The highest BCUT2D eigenvalue weighted by atomic mass is 32.2. The van der Waals surface area contributed by atoms with Crippen molar-refractivity contribution in [3.05, 3.63) is 102 Å². The van der Waals surface area contributed by atoms with E-state index in [4.69, 9.17) is 4.99 Å². The van der Waals surface area contributed by atoms with Crippen LogP contribution in [0.3, 0.4) is 0 Å². The van der Waals surface area contributed by atoms with Crippen molar-refractivity contribution in [1.29, 1.82) is 26.3 Å². The van der Waals surface area contributed by atoms with Gasteiger partial charge in [-0.25, -0.2) is 9.98 Å². The molecule has 1 aliphatic heterocycles. The molecule has 0 amide bonds. The van der Waals surface area contributed by atoms with E-state index in [1.807, 2.05) is 54.6 Å². The lowest BCUT2D eigenvalue weighted by Gasteiger charge is -2.38. The molecule has 0 saturated heterocycles. The molecule has 1 heterocycles. The smallest absolute Gasteiger partial charge is 0.274 e. The standard InChI is InChI=1S/C28H14N8S/c29-15-22(16-30)25(17-31)20-11-13-24(14-12-20)36-26(21-7-3-1-4-8-21)35-27(37-28(36,18-32)19-33)34-23-9-5-2-6-10-23/h1-14H. The molecule has 0 fully saturated rings. The van der Waals surface area contributed by atoms with Crippen molar-refractivity contribution < 1.29 is 0 Å². The van der Waals surface area contributed by atoms with Crippen LogP contribution in [0.5, 0.6) is 0 Å². The molecule has 9 heteroatoms. The van der Waals surface area contributed by atoms with E-state index >= 15 is 0 Å². The summed E-state index contributed by atoms with van der Waals surface area (Å²) in [6.45, 7) is 0. The second-order valence-corrected chi connectivity index (χ2v) is 8.63. The Labute approximate surface area is 217 Å². The number of hydrogen-bond donors (Lipinski definition) is 0. The lowest BCUT2D eigenvalue weighted by Crippen LogP contribution is -2.52. The van der Waals surface area contributed by atoms with Crippen molar-refractivity contribution in [3.63, 3.8) is 0 Å². The van der Waals surface area contributed by atoms with Gasteiger partial charge in [0.2, 0.25) is 0 Å². The van der Waals surface area contributed by atoms with Crippen molar-refractivity contribution in [3.8, 4) is 30.3 Å². The monoisotopic (exact) mass is 494 g/mol. The number of nitrogens with zero attached hydrogens (tertiary/aromatic N) is 8. The van der Waals surface area contributed by atoms with Gasteiger partial charge in [0.25, 0.3) is 4.87 Å². The Morgan fingerprint density at radius 3 is 1.89 bits per heavy atom. The minimum absolute atomic E-state index is 0.0642. The summed E-state index contributed by atoms with van der Waals surface area (Å²) < 4.78 is 0. The van der Waals surface area contributed by atoms with Crippen LogP contribution in [-0.4, -0.2) is 15.9 Å². The van der Waals surface area contributed by atoms with Crippen LogP contribution in [0.2, 0.25) is 0 Å². The summed E-state index contributed by atoms with van der Waals surface area (Å²) in [6, 6.07) is 34.2. The molecule has 0 N–H and O–H groups in total. The molecule has 0 unspecified atom stereocenters. The van der Waals surface area contributed by atoms with Gasteiger partial charge in [-0.05, 0) is 41.6 Å². The van der Waals surface area contributed by atoms with Gasteiger partial charge in [0.15, 0.2) is 5.17 Å². The molecule has 0 aliphatic carbocycles. The third-order valence-corrected chi connectivity index (χ3v) is 6.31. The average molecular weight is 495 g/mol. The molecule has 8 nitrogen and oxygen atoms in total.